The molecule has 0 aromatic rings. The van der Waals surface area contributed by atoms with Crippen LogP contribution >= 0.6 is 54.9 Å². The third-order valence-electron chi connectivity index (χ3n) is 0.858. The molecule has 0 atom stereocenters. The van der Waals surface area contributed by atoms with Crippen molar-refractivity contribution in [2.75, 3.05) is 35.5 Å². The summed E-state index contributed by atoms with van der Waals surface area (Å²) in [6, 6.07) is 0. The molecule has 0 nitrogen and oxygen atoms in total. The van der Waals surface area contributed by atoms with Crippen LogP contribution in [0.2, 0.25) is 0 Å². The molecule has 0 N–H and O–H groups in total. The molecular formula is C6H14S5. The van der Waals surface area contributed by atoms with Crippen LogP contribution in [-0.4, -0.2) is 35.5 Å². The van der Waals surface area contributed by atoms with E-state index in [1.165, 1.54) is 23.0 Å². The van der Waals surface area contributed by atoms with E-state index in [1.54, 1.807) is 0 Å². The standard InChI is InChI=1S/C6H14S5/c1-7-10-5-3-9-4-6-11-8-2/h3-6H2,1-2H3. The predicted molar refractivity (Wildman–Crippen MR) is 69.3 cm³/mol. The molecule has 0 bridgehead atoms. The van der Waals surface area contributed by atoms with Crippen LogP contribution in [0.15, 0.2) is 0 Å². The summed E-state index contributed by atoms with van der Waals surface area (Å²) >= 11 is 2.06. The van der Waals surface area contributed by atoms with Gasteiger partial charge in [0, 0.05) is 23.0 Å². The Hall–Kier alpha value is 1.75. The number of hydrogen-bond acceptors (Lipinski definition) is 5. The van der Waals surface area contributed by atoms with Crippen LogP contribution in [0.4, 0.5) is 0 Å². The van der Waals surface area contributed by atoms with Gasteiger partial charge in [0.25, 0.3) is 0 Å². The first kappa shape index (κ1) is 12.8. The molecule has 0 heterocycles. The number of hydrogen-bond donors (Lipinski definition) is 0. The molecule has 0 saturated heterocycles. The largest absolute Gasteiger partial charge is 0.160 e. The fourth-order valence-corrected chi connectivity index (χ4v) is 4.70. The molecule has 0 spiro atoms. The molecule has 0 unspecified atom stereocenters. The quantitative estimate of drug-likeness (QED) is 0.471. The molecule has 0 aromatic carbocycles. The summed E-state index contributed by atoms with van der Waals surface area (Å²) in [4.78, 5) is 0. The first-order chi connectivity index (χ1) is 5.41. The number of rotatable bonds is 8. The van der Waals surface area contributed by atoms with Gasteiger partial charge in [-0.3, -0.25) is 0 Å². The molecule has 0 saturated carbocycles. The summed E-state index contributed by atoms with van der Waals surface area (Å²) in [6.07, 6.45) is 4.28. The maximum Gasteiger partial charge on any atom is 0.0128 e. The summed E-state index contributed by atoms with van der Waals surface area (Å²) in [7, 11) is 7.64. The maximum absolute atomic E-state index is 2.14. The lowest BCUT2D eigenvalue weighted by Crippen LogP contribution is -1.86. The zero-order chi connectivity index (χ0) is 8.36. The van der Waals surface area contributed by atoms with Gasteiger partial charge in [-0.15, -0.1) is 0 Å². The summed E-state index contributed by atoms with van der Waals surface area (Å²) in [5, 5.41) is 0. The van der Waals surface area contributed by atoms with Gasteiger partial charge in [-0.1, -0.05) is 43.2 Å². The highest BCUT2D eigenvalue weighted by atomic mass is 33.1. The van der Waals surface area contributed by atoms with Crippen molar-refractivity contribution in [1.29, 1.82) is 0 Å². The third kappa shape index (κ3) is 11.8. The topological polar surface area (TPSA) is 0 Å². The van der Waals surface area contributed by atoms with E-state index < -0.39 is 0 Å². The van der Waals surface area contributed by atoms with Crippen molar-refractivity contribution in [2.24, 2.45) is 0 Å². The van der Waals surface area contributed by atoms with Gasteiger partial charge in [-0.25, -0.2) is 0 Å². The molecular weight excluding hydrogens is 232 g/mol. The Kier molecular flexibility index (Phi) is 13.6. The Morgan fingerprint density at radius 1 is 0.727 bits per heavy atom. The SMILES string of the molecule is CSSCCSCCSSC. The van der Waals surface area contributed by atoms with E-state index >= 15 is 0 Å². The minimum atomic E-state index is 1.29. The Morgan fingerprint density at radius 2 is 1.18 bits per heavy atom. The zero-order valence-electron chi connectivity index (χ0n) is 6.87. The maximum atomic E-state index is 2.14. The van der Waals surface area contributed by atoms with E-state index in [0.29, 0.717) is 0 Å². The summed E-state index contributed by atoms with van der Waals surface area (Å²) in [5.74, 6) is 5.19. The van der Waals surface area contributed by atoms with Crippen molar-refractivity contribution in [3.05, 3.63) is 0 Å². The average molecular weight is 247 g/mol. The molecule has 0 aliphatic heterocycles. The van der Waals surface area contributed by atoms with Crippen LogP contribution in [0.25, 0.3) is 0 Å². The average Bonchev–Trinajstić information content (AvgIpc) is 2.03. The molecule has 11 heavy (non-hydrogen) atoms. The molecule has 0 aliphatic rings. The van der Waals surface area contributed by atoms with E-state index in [9.17, 15) is 0 Å². The van der Waals surface area contributed by atoms with Crippen LogP contribution in [0.3, 0.4) is 0 Å². The fraction of sp³-hybridized carbons (Fsp3) is 1.00. The van der Waals surface area contributed by atoms with Crippen molar-refractivity contribution in [1.82, 2.24) is 0 Å². The lowest BCUT2D eigenvalue weighted by Gasteiger charge is -1.98. The van der Waals surface area contributed by atoms with Crippen LogP contribution in [0.5, 0.6) is 0 Å². The molecule has 0 fully saturated rings. The van der Waals surface area contributed by atoms with Crippen molar-refractivity contribution in [3.63, 3.8) is 0 Å². The Labute approximate surface area is 90.0 Å². The minimum Gasteiger partial charge on any atom is -0.160 e. The fourth-order valence-electron chi connectivity index (χ4n) is 0.455. The Balaban J connectivity index is 2.69. The molecule has 68 valence electrons. The summed E-state index contributed by atoms with van der Waals surface area (Å²) < 4.78 is 0. The van der Waals surface area contributed by atoms with Crippen LogP contribution < -0.4 is 0 Å². The second-order valence-corrected chi connectivity index (χ2v) is 8.18. The molecule has 5 heteroatoms. The molecule has 0 rings (SSSR count). The van der Waals surface area contributed by atoms with E-state index in [4.69, 9.17) is 0 Å². The van der Waals surface area contributed by atoms with E-state index in [0.717, 1.165) is 0 Å². The third-order valence-corrected chi connectivity index (χ3v) is 5.99. The highest BCUT2D eigenvalue weighted by molar-refractivity contribution is 8.76. The minimum absolute atomic E-state index is 1.29. The van der Waals surface area contributed by atoms with Crippen LogP contribution in [-0.2, 0) is 0 Å². The second kappa shape index (κ2) is 11.8. The van der Waals surface area contributed by atoms with Gasteiger partial charge < -0.3 is 0 Å². The predicted octanol–water partition coefficient (Wildman–Crippen LogP) is 3.74. The molecule has 0 aromatic heterocycles. The van der Waals surface area contributed by atoms with Crippen LogP contribution in [0, 0.1) is 0 Å². The van der Waals surface area contributed by atoms with Crippen molar-refractivity contribution < 1.29 is 0 Å². The molecule has 0 aliphatic carbocycles. The van der Waals surface area contributed by atoms with Gasteiger partial charge in [0.05, 0.1) is 0 Å². The first-order valence-corrected chi connectivity index (χ1v) is 9.91. The van der Waals surface area contributed by atoms with E-state index in [-0.39, 0.29) is 0 Å². The van der Waals surface area contributed by atoms with Gasteiger partial charge in [0.2, 0.25) is 0 Å². The normalized spacial score (nSPS) is 10.4. The summed E-state index contributed by atoms with van der Waals surface area (Å²) in [5.41, 5.74) is 0. The van der Waals surface area contributed by atoms with Gasteiger partial charge in [-0.05, 0) is 12.5 Å². The van der Waals surface area contributed by atoms with Gasteiger partial charge in [-0.2, -0.15) is 11.8 Å². The van der Waals surface area contributed by atoms with Gasteiger partial charge >= 0.3 is 0 Å². The Bertz CT molecular complexity index is 60.0. The van der Waals surface area contributed by atoms with Crippen LogP contribution in [0.1, 0.15) is 0 Å². The lowest BCUT2D eigenvalue weighted by molar-refractivity contribution is 1.50. The second-order valence-electron chi connectivity index (χ2n) is 1.59. The van der Waals surface area contributed by atoms with Crippen molar-refractivity contribution in [2.45, 2.75) is 0 Å². The highest BCUT2D eigenvalue weighted by Gasteiger charge is 1.89. The first-order valence-electron chi connectivity index (χ1n) is 3.30. The molecule has 0 amide bonds. The van der Waals surface area contributed by atoms with Gasteiger partial charge in [0.1, 0.15) is 0 Å². The summed E-state index contributed by atoms with van der Waals surface area (Å²) in [6.45, 7) is 0. The van der Waals surface area contributed by atoms with E-state index in [1.807, 2.05) is 43.2 Å². The Morgan fingerprint density at radius 3 is 1.55 bits per heavy atom. The smallest absolute Gasteiger partial charge is 0.0128 e. The highest BCUT2D eigenvalue weighted by Crippen LogP contribution is 2.20. The monoisotopic (exact) mass is 246 g/mol. The van der Waals surface area contributed by atoms with Crippen molar-refractivity contribution >= 4 is 54.9 Å². The lowest BCUT2D eigenvalue weighted by atomic mass is 10.9. The number of thioether (sulfide) groups is 1. The molecule has 0 radical (unpaired) electrons. The van der Waals surface area contributed by atoms with Gasteiger partial charge in [0.15, 0.2) is 0 Å². The van der Waals surface area contributed by atoms with Crippen molar-refractivity contribution in [3.8, 4) is 0 Å². The van der Waals surface area contributed by atoms with E-state index in [2.05, 4.69) is 24.3 Å². The zero-order valence-corrected chi connectivity index (χ0v) is 11.0.